The van der Waals surface area contributed by atoms with Gasteiger partial charge in [-0.2, -0.15) is 0 Å². The normalized spacial score (nSPS) is 9.00. The quantitative estimate of drug-likeness (QED) is 0.438. The van der Waals surface area contributed by atoms with Crippen molar-refractivity contribution in [2.75, 3.05) is 0 Å². The summed E-state index contributed by atoms with van der Waals surface area (Å²) < 4.78 is 0. The molecule has 0 aliphatic heterocycles. The predicted molar refractivity (Wildman–Crippen MR) is 80.1 cm³/mol. The van der Waals surface area contributed by atoms with Crippen LogP contribution in [0.5, 0.6) is 0 Å². The van der Waals surface area contributed by atoms with Gasteiger partial charge in [0.15, 0.2) is 0 Å². The molecule has 0 atom stereocenters. The molecular formula is C16H38. The highest BCUT2D eigenvalue weighted by atomic mass is 13.9. The molecule has 0 heteroatoms. The van der Waals surface area contributed by atoms with E-state index in [1.807, 2.05) is 0 Å². The first-order valence-electron chi connectivity index (χ1n) is 7.60. The van der Waals surface area contributed by atoms with E-state index in [-0.39, 0.29) is 0 Å². The third-order valence-corrected chi connectivity index (χ3v) is 2.48. The van der Waals surface area contributed by atoms with Crippen LogP contribution in [0.25, 0.3) is 0 Å². The molecule has 0 fully saturated rings. The topological polar surface area (TPSA) is 0 Å². The lowest BCUT2D eigenvalue weighted by atomic mass is 10.2. The van der Waals surface area contributed by atoms with Crippen LogP contribution in [0.2, 0.25) is 0 Å². The minimum Gasteiger partial charge on any atom is -0.0654 e. The first kappa shape index (κ1) is 21.3. The fourth-order valence-electron chi connectivity index (χ4n) is 0.854. The highest BCUT2D eigenvalue weighted by Gasteiger charge is 1.80. The van der Waals surface area contributed by atoms with Crippen LogP contribution in [0.15, 0.2) is 0 Å². The molecule has 0 heterocycles. The Labute approximate surface area is 106 Å². The summed E-state index contributed by atoms with van der Waals surface area (Å²) in [4.78, 5) is 0. The molecule has 0 rings (SSSR count). The molecule has 0 aliphatic rings. The number of hydrogen-bond acceptors (Lipinski definition) is 0. The Morgan fingerprint density at radius 2 is 0.812 bits per heavy atom. The molecule has 102 valence electrons. The Balaban J connectivity index is -0.000000160. The Bertz CT molecular complexity index is 68.1. The molecule has 0 radical (unpaired) electrons. The molecule has 0 amide bonds. The minimum absolute atomic E-state index is 0.884. The van der Waals surface area contributed by atoms with Crippen LogP contribution in [0.4, 0.5) is 0 Å². The van der Waals surface area contributed by atoms with Gasteiger partial charge in [0.25, 0.3) is 0 Å². The SMILES string of the molecule is CCC(C)C.CCCCC.CCCCCC. The number of unbranched alkanes of at least 4 members (excludes halogenated alkanes) is 5. The van der Waals surface area contributed by atoms with E-state index in [4.69, 9.17) is 0 Å². The average Bonchev–Trinajstić information content (AvgIpc) is 2.29. The molecule has 0 nitrogen and oxygen atoms in total. The van der Waals surface area contributed by atoms with Crippen LogP contribution in [0.3, 0.4) is 0 Å². The van der Waals surface area contributed by atoms with Crippen molar-refractivity contribution in [1.29, 1.82) is 0 Å². The standard InChI is InChI=1S/C6H14.2C5H12/c1-3-5-6-4-2;1-4-5(2)3;1-3-5-4-2/h3-6H2,1-2H3;5H,4H2,1-3H3;3-5H2,1-2H3. The molecule has 16 heavy (non-hydrogen) atoms. The molecule has 0 aromatic rings. The lowest BCUT2D eigenvalue weighted by Crippen LogP contribution is -1.77. The van der Waals surface area contributed by atoms with Gasteiger partial charge in [-0.15, -0.1) is 0 Å². The van der Waals surface area contributed by atoms with Crippen molar-refractivity contribution in [2.24, 2.45) is 5.92 Å². The highest BCUT2D eigenvalue weighted by Crippen LogP contribution is 1.95. The first-order chi connectivity index (χ1) is 7.60. The first-order valence-corrected chi connectivity index (χ1v) is 7.60. The second-order valence-corrected chi connectivity index (χ2v) is 4.86. The van der Waals surface area contributed by atoms with Crippen molar-refractivity contribution in [1.82, 2.24) is 0 Å². The summed E-state index contributed by atoms with van der Waals surface area (Å²) >= 11 is 0. The molecule has 0 unspecified atom stereocenters. The molecule has 0 aliphatic carbocycles. The lowest BCUT2D eigenvalue weighted by Gasteiger charge is -1.90. The maximum absolute atomic E-state index is 2.23. The van der Waals surface area contributed by atoms with Crippen molar-refractivity contribution >= 4 is 0 Å². The second-order valence-electron chi connectivity index (χ2n) is 4.86. The van der Waals surface area contributed by atoms with Crippen LogP contribution in [-0.2, 0) is 0 Å². The monoisotopic (exact) mass is 230 g/mol. The van der Waals surface area contributed by atoms with E-state index in [1.165, 1.54) is 51.4 Å². The van der Waals surface area contributed by atoms with E-state index < -0.39 is 0 Å². The average molecular weight is 230 g/mol. The maximum atomic E-state index is 2.23. The van der Waals surface area contributed by atoms with Crippen molar-refractivity contribution in [3.05, 3.63) is 0 Å². The van der Waals surface area contributed by atoms with Crippen molar-refractivity contribution in [2.45, 2.75) is 99.8 Å². The molecule has 0 saturated heterocycles. The smallest absolute Gasteiger partial charge is 0.0474 e. The van der Waals surface area contributed by atoms with Crippen LogP contribution >= 0.6 is 0 Å². The van der Waals surface area contributed by atoms with E-state index in [0.29, 0.717) is 0 Å². The summed E-state index contributed by atoms with van der Waals surface area (Å²) in [5.74, 6) is 0.884. The van der Waals surface area contributed by atoms with E-state index in [0.717, 1.165) is 5.92 Å². The second kappa shape index (κ2) is 24.3. The molecular weight excluding hydrogens is 192 g/mol. The van der Waals surface area contributed by atoms with Crippen molar-refractivity contribution in [3.63, 3.8) is 0 Å². The van der Waals surface area contributed by atoms with Gasteiger partial charge in [-0.25, -0.2) is 0 Å². The Hall–Kier alpha value is 0. The Morgan fingerprint density at radius 1 is 0.562 bits per heavy atom. The van der Waals surface area contributed by atoms with Gasteiger partial charge in [-0.1, -0.05) is 99.8 Å². The maximum Gasteiger partial charge on any atom is -0.0474 e. The van der Waals surface area contributed by atoms with Gasteiger partial charge in [0.2, 0.25) is 0 Å². The number of rotatable bonds is 6. The fourth-order valence-corrected chi connectivity index (χ4v) is 0.854. The van der Waals surface area contributed by atoms with E-state index >= 15 is 0 Å². The van der Waals surface area contributed by atoms with Crippen LogP contribution in [0.1, 0.15) is 99.8 Å². The summed E-state index contributed by atoms with van der Waals surface area (Å²) in [5, 5.41) is 0. The van der Waals surface area contributed by atoms with Gasteiger partial charge in [-0.3, -0.25) is 0 Å². The molecule has 0 spiro atoms. The third-order valence-electron chi connectivity index (χ3n) is 2.48. The van der Waals surface area contributed by atoms with Gasteiger partial charge >= 0.3 is 0 Å². The van der Waals surface area contributed by atoms with Crippen molar-refractivity contribution < 1.29 is 0 Å². The van der Waals surface area contributed by atoms with Gasteiger partial charge < -0.3 is 0 Å². The zero-order chi connectivity index (χ0) is 13.2. The molecule has 0 aromatic heterocycles. The molecule has 0 bridgehead atoms. The van der Waals surface area contributed by atoms with Crippen LogP contribution in [-0.4, -0.2) is 0 Å². The Morgan fingerprint density at radius 3 is 0.875 bits per heavy atom. The summed E-state index contributed by atoms with van der Waals surface area (Å²) in [5.41, 5.74) is 0. The van der Waals surface area contributed by atoms with E-state index in [9.17, 15) is 0 Å². The predicted octanol–water partition coefficient (Wildman–Crippen LogP) is 6.84. The van der Waals surface area contributed by atoms with Crippen LogP contribution < -0.4 is 0 Å². The minimum atomic E-state index is 0.884. The van der Waals surface area contributed by atoms with Gasteiger partial charge in [-0.05, 0) is 5.92 Å². The van der Waals surface area contributed by atoms with Crippen LogP contribution in [0, 0.1) is 5.92 Å². The van der Waals surface area contributed by atoms with E-state index in [2.05, 4.69) is 48.5 Å². The van der Waals surface area contributed by atoms with Crippen molar-refractivity contribution in [3.8, 4) is 0 Å². The zero-order valence-electron chi connectivity index (χ0n) is 13.2. The lowest BCUT2D eigenvalue weighted by molar-refractivity contribution is 0.626. The zero-order valence-corrected chi connectivity index (χ0v) is 13.2. The van der Waals surface area contributed by atoms with Gasteiger partial charge in [0, 0.05) is 0 Å². The molecule has 0 saturated carbocycles. The van der Waals surface area contributed by atoms with Gasteiger partial charge in [0.1, 0.15) is 0 Å². The summed E-state index contributed by atoms with van der Waals surface area (Å²) in [6.07, 6.45) is 10.9. The van der Waals surface area contributed by atoms with Gasteiger partial charge in [0.05, 0.1) is 0 Å². The third kappa shape index (κ3) is 48.3. The summed E-state index contributed by atoms with van der Waals surface area (Å²) in [7, 11) is 0. The largest absolute Gasteiger partial charge is 0.0654 e. The Kier molecular flexibility index (Phi) is 32.3. The van der Waals surface area contributed by atoms with E-state index in [1.54, 1.807) is 0 Å². The fraction of sp³-hybridized carbons (Fsp3) is 1.00. The highest BCUT2D eigenvalue weighted by molar-refractivity contribution is 4.32. The molecule has 0 aromatic carbocycles. The summed E-state index contributed by atoms with van der Waals surface area (Å²) in [6.45, 7) is 15.5. The molecule has 0 N–H and O–H groups in total. The number of hydrogen-bond donors (Lipinski definition) is 0. The summed E-state index contributed by atoms with van der Waals surface area (Å²) in [6, 6.07) is 0.